The van der Waals surface area contributed by atoms with Crippen LogP contribution in [0.15, 0.2) is 30.6 Å². The Hall–Kier alpha value is -2.21. The van der Waals surface area contributed by atoms with Crippen LogP contribution in [-0.4, -0.2) is 29.4 Å². The molecule has 112 valence electrons. The van der Waals surface area contributed by atoms with Gasteiger partial charge in [-0.2, -0.15) is 5.10 Å². The van der Waals surface area contributed by atoms with Gasteiger partial charge in [0, 0.05) is 11.6 Å². The van der Waals surface area contributed by atoms with Crippen molar-refractivity contribution >= 4 is 23.2 Å². The molecule has 1 heterocycles. The maximum Gasteiger partial charge on any atom is 0.262 e. The lowest BCUT2D eigenvalue weighted by atomic mass is 10.3. The normalized spacial score (nSPS) is 10.2. The van der Waals surface area contributed by atoms with E-state index in [2.05, 4.69) is 10.4 Å². The fourth-order valence-electron chi connectivity index (χ4n) is 1.71. The predicted molar refractivity (Wildman–Crippen MR) is 80.0 cm³/mol. The summed E-state index contributed by atoms with van der Waals surface area (Å²) in [5.74, 6) is 0.774. The van der Waals surface area contributed by atoms with Crippen LogP contribution in [0.5, 0.6) is 11.5 Å². The first kappa shape index (κ1) is 15.2. The van der Waals surface area contributed by atoms with E-state index in [9.17, 15) is 4.79 Å². The lowest BCUT2D eigenvalue weighted by molar-refractivity contribution is -0.118. The van der Waals surface area contributed by atoms with Crippen molar-refractivity contribution in [1.82, 2.24) is 9.78 Å². The fourth-order valence-corrected chi connectivity index (χ4v) is 1.88. The molecule has 6 nitrogen and oxygen atoms in total. The standard InChI is InChI=1S/C14H16ClN3O3/c1-3-18-8-11(7-16-18)21-9-14(19)17-12-6-10(15)4-5-13(12)20-2/h4-8H,3,9H2,1-2H3,(H,17,19). The number of anilines is 1. The molecule has 0 bridgehead atoms. The Morgan fingerprint density at radius 1 is 1.48 bits per heavy atom. The van der Waals surface area contributed by atoms with Crippen LogP contribution in [0, 0.1) is 0 Å². The third kappa shape index (κ3) is 4.13. The molecule has 0 radical (unpaired) electrons. The molecule has 1 aromatic heterocycles. The number of aromatic nitrogens is 2. The highest BCUT2D eigenvalue weighted by Crippen LogP contribution is 2.27. The Balaban J connectivity index is 1.94. The molecule has 2 aromatic rings. The summed E-state index contributed by atoms with van der Waals surface area (Å²) in [5.41, 5.74) is 0.503. The van der Waals surface area contributed by atoms with Gasteiger partial charge < -0.3 is 14.8 Å². The Labute approximate surface area is 127 Å². The maximum absolute atomic E-state index is 11.9. The maximum atomic E-state index is 11.9. The summed E-state index contributed by atoms with van der Waals surface area (Å²) in [7, 11) is 1.52. The van der Waals surface area contributed by atoms with Crippen molar-refractivity contribution < 1.29 is 14.3 Å². The average Bonchev–Trinajstić information content (AvgIpc) is 2.93. The summed E-state index contributed by atoms with van der Waals surface area (Å²) in [4.78, 5) is 11.9. The summed E-state index contributed by atoms with van der Waals surface area (Å²) < 4.78 is 12.2. The summed E-state index contributed by atoms with van der Waals surface area (Å²) in [6, 6.07) is 4.99. The topological polar surface area (TPSA) is 65.4 Å². The second-order valence-corrected chi connectivity index (χ2v) is 4.65. The minimum absolute atomic E-state index is 0.120. The van der Waals surface area contributed by atoms with Gasteiger partial charge in [-0.3, -0.25) is 9.48 Å². The third-order valence-electron chi connectivity index (χ3n) is 2.74. The van der Waals surface area contributed by atoms with Crippen LogP contribution in [0.1, 0.15) is 6.92 Å². The van der Waals surface area contributed by atoms with Crippen molar-refractivity contribution in [1.29, 1.82) is 0 Å². The number of hydrogen-bond donors (Lipinski definition) is 1. The van der Waals surface area contributed by atoms with E-state index in [0.717, 1.165) is 6.54 Å². The van der Waals surface area contributed by atoms with Gasteiger partial charge in [0.05, 0.1) is 25.2 Å². The van der Waals surface area contributed by atoms with Crippen molar-refractivity contribution in [2.45, 2.75) is 13.5 Å². The number of nitrogens with one attached hydrogen (secondary N) is 1. The van der Waals surface area contributed by atoms with E-state index in [1.807, 2.05) is 6.92 Å². The van der Waals surface area contributed by atoms with Crippen molar-refractivity contribution in [3.05, 3.63) is 35.6 Å². The Morgan fingerprint density at radius 3 is 2.95 bits per heavy atom. The van der Waals surface area contributed by atoms with E-state index in [1.54, 1.807) is 35.3 Å². The van der Waals surface area contributed by atoms with Crippen LogP contribution in [0.4, 0.5) is 5.69 Å². The van der Waals surface area contributed by atoms with Gasteiger partial charge in [0.25, 0.3) is 5.91 Å². The zero-order chi connectivity index (χ0) is 15.2. The van der Waals surface area contributed by atoms with Crippen LogP contribution >= 0.6 is 11.6 Å². The highest BCUT2D eigenvalue weighted by molar-refractivity contribution is 6.31. The van der Waals surface area contributed by atoms with Gasteiger partial charge in [-0.05, 0) is 25.1 Å². The number of carbonyl (C=O) groups is 1. The van der Waals surface area contributed by atoms with Crippen molar-refractivity contribution in [3.63, 3.8) is 0 Å². The van der Waals surface area contributed by atoms with Gasteiger partial charge >= 0.3 is 0 Å². The van der Waals surface area contributed by atoms with Gasteiger partial charge in [0.1, 0.15) is 5.75 Å². The van der Waals surface area contributed by atoms with Crippen molar-refractivity contribution in [2.75, 3.05) is 19.0 Å². The minimum Gasteiger partial charge on any atom is -0.495 e. The number of hydrogen-bond acceptors (Lipinski definition) is 4. The van der Waals surface area contributed by atoms with Gasteiger partial charge in [0.2, 0.25) is 0 Å². The second kappa shape index (κ2) is 6.99. The van der Waals surface area contributed by atoms with Crippen LogP contribution in [0.25, 0.3) is 0 Å². The molecule has 0 aliphatic heterocycles. The molecular weight excluding hydrogens is 294 g/mol. The average molecular weight is 310 g/mol. The second-order valence-electron chi connectivity index (χ2n) is 4.21. The van der Waals surface area contributed by atoms with Crippen LogP contribution in [-0.2, 0) is 11.3 Å². The van der Waals surface area contributed by atoms with Gasteiger partial charge in [-0.25, -0.2) is 0 Å². The Morgan fingerprint density at radius 2 is 2.29 bits per heavy atom. The largest absolute Gasteiger partial charge is 0.495 e. The zero-order valence-electron chi connectivity index (χ0n) is 11.8. The molecule has 0 aliphatic carbocycles. The number of methoxy groups -OCH3 is 1. The molecule has 1 amide bonds. The van der Waals surface area contributed by atoms with E-state index in [1.165, 1.54) is 7.11 Å². The number of aryl methyl sites for hydroxylation is 1. The first-order valence-corrected chi connectivity index (χ1v) is 6.78. The summed E-state index contributed by atoms with van der Waals surface area (Å²) >= 11 is 5.90. The van der Waals surface area contributed by atoms with Crippen LogP contribution < -0.4 is 14.8 Å². The molecule has 0 aliphatic rings. The number of amides is 1. The SMILES string of the molecule is CCn1cc(OCC(=O)Nc2cc(Cl)ccc2OC)cn1. The zero-order valence-corrected chi connectivity index (χ0v) is 12.6. The molecule has 0 spiro atoms. The highest BCUT2D eigenvalue weighted by Gasteiger charge is 2.09. The van der Waals surface area contributed by atoms with E-state index in [-0.39, 0.29) is 12.5 Å². The highest BCUT2D eigenvalue weighted by atomic mass is 35.5. The summed E-state index contributed by atoms with van der Waals surface area (Å²) in [5, 5.41) is 7.26. The predicted octanol–water partition coefficient (Wildman–Crippen LogP) is 2.58. The molecule has 1 N–H and O–H groups in total. The molecule has 0 saturated heterocycles. The number of ether oxygens (including phenoxy) is 2. The molecule has 2 rings (SSSR count). The van der Waals surface area contributed by atoms with E-state index < -0.39 is 0 Å². The van der Waals surface area contributed by atoms with Crippen molar-refractivity contribution in [2.24, 2.45) is 0 Å². The lowest BCUT2D eigenvalue weighted by Gasteiger charge is -2.10. The summed E-state index contributed by atoms with van der Waals surface area (Å²) in [6.07, 6.45) is 3.30. The number of halogens is 1. The monoisotopic (exact) mass is 309 g/mol. The van der Waals surface area contributed by atoms with Gasteiger partial charge in [0.15, 0.2) is 12.4 Å². The number of benzene rings is 1. The van der Waals surface area contributed by atoms with Gasteiger partial charge in [-0.15, -0.1) is 0 Å². The summed E-state index contributed by atoms with van der Waals surface area (Å²) in [6.45, 7) is 2.59. The molecule has 21 heavy (non-hydrogen) atoms. The molecule has 0 unspecified atom stereocenters. The third-order valence-corrected chi connectivity index (χ3v) is 2.97. The molecule has 0 saturated carbocycles. The molecule has 1 aromatic carbocycles. The first-order chi connectivity index (χ1) is 10.1. The van der Waals surface area contributed by atoms with E-state index >= 15 is 0 Å². The Bertz CT molecular complexity index is 628. The number of carbonyl (C=O) groups excluding carboxylic acids is 1. The molecule has 0 atom stereocenters. The Kier molecular flexibility index (Phi) is 5.05. The van der Waals surface area contributed by atoms with Crippen LogP contribution in [0.3, 0.4) is 0 Å². The van der Waals surface area contributed by atoms with Crippen LogP contribution in [0.2, 0.25) is 5.02 Å². The molecule has 7 heteroatoms. The smallest absolute Gasteiger partial charge is 0.262 e. The van der Waals surface area contributed by atoms with E-state index in [4.69, 9.17) is 21.1 Å². The van der Waals surface area contributed by atoms with E-state index in [0.29, 0.717) is 22.2 Å². The van der Waals surface area contributed by atoms with Crippen molar-refractivity contribution in [3.8, 4) is 11.5 Å². The quantitative estimate of drug-likeness (QED) is 0.890. The number of rotatable bonds is 6. The first-order valence-electron chi connectivity index (χ1n) is 6.41. The molecule has 0 fully saturated rings. The van der Waals surface area contributed by atoms with Gasteiger partial charge in [-0.1, -0.05) is 11.6 Å². The minimum atomic E-state index is -0.306. The molecular formula is C14H16ClN3O3. The fraction of sp³-hybridized carbons (Fsp3) is 0.286. The lowest BCUT2D eigenvalue weighted by Crippen LogP contribution is -2.20. The number of nitrogens with zero attached hydrogens (tertiary/aromatic N) is 2.